The molecule has 2 aromatic carbocycles. The molecule has 0 aromatic heterocycles. The van der Waals surface area contributed by atoms with Crippen LogP contribution >= 0.6 is 11.8 Å². The third kappa shape index (κ3) is 3.96. The van der Waals surface area contributed by atoms with Crippen molar-refractivity contribution in [2.45, 2.75) is 86.1 Å². The Bertz CT molecular complexity index is 973. The highest BCUT2D eigenvalue weighted by Crippen LogP contribution is 2.48. The van der Waals surface area contributed by atoms with Crippen LogP contribution in [0.4, 0.5) is 0 Å². The largest absolute Gasteiger partial charge is 0.351 e. The van der Waals surface area contributed by atoms with Crippen LogP contribution in [0.3, 0.4) is 0 Å². The third-order valence-corrected chi connectivity index (χ3v) is 8.96. The Morgan fingerprint density at radius 1 is 0.938 bits per heavy atom. The summed E-state index contributed by atoms with van der Waals surface area (Å²) >= 11 is 1.75. The molecule has 2 saturated carbocycles. The molecule has 1 heterocycles. The lowest BCUT2D eigenvalue weighted by molar-refractivity contribution is -0.135. The Morgan fingerprint density at radius 3 is 2.47 bits per heavy atom. The van der Waals surface area contributed by atoms with Crippen molar-refractivity contribution in [3.63, 3.8) is 0 Å². The van der Waals surface area contributed by atoms with Gasteiger partial charge in [0.15, 0.2) is 0 Å². The summed E-state index contributed by atoms with van der Waals surface area (Å²) in [5.41, 5.74) is 0.985. The first-order valence-corrected chi connectivity index (χ1v) is 13.0. The van der Waals surface area contributed by atoms with Crippen LogP contribution in [0.15, 0.2) is 59.5 Å². The molecule has 3 aliphatic rings. The SMILES string of the molecule is O=C1c2ccccc2SC2CCCC[C@@]2(C(=O)NC2CCCCC2)N1Cc1ccccc1. The molecule has 5 heteroatoms. The summed E-state index contributed by atoms with van der Waals surface area (Å²) < 4.78 is 0. The number of fused-ring (bicyclic) bond motifs is 2. The molecule has 2 aromatic rings. The molecule has 1 aliphatic heterocycles. The summed E-state index contributed by atoms with van der Waals surface area (Å²) in [5.74, 6) is 0.0545. The van der Waals surface area contributed by atoms with E-state index >= 15 is 0 Å². The van der Waals surface area contributed by atoms with Crippen molar-refractivity contribution in [3.8, 4) is 0 Å². The number of benzene rings is 2. The van der Waals surface area contributed by atoms with E-state index in [1.807, 2.05) is 47.4 Å². The van der Waals surface area contributed by atoms with E-state index in [2.05, 4.69) is 17.4 Å². The maximum atomic E-state index is 14.2. The highest BCUT2D eigenvalue weighted by molar-refractivity contribution is 8.00. The number of rotatable bonds is 4. The number of nitrogens with zero attached hydrogens (tertiary/aromatic N) is 1. The van der Waals surface area contributed by atoms with Gasteiger partial charge in [-0.2, -0.15) is 0 Å². The van der Waals surface area contributed by atoms with Crippen molar-refractivity contribution in [1.29, 1.82) is 0 Å². The fraction of sp³-hybridized carbons (Fsp3) is 0.481. The molecule has 2 fully saturated rings. The van der Waals surface area contributed by atoms with E-state index in [1.54, 1.807) is 11.8 Å². The number of hydrogen-bond donors (Lipinski definition) is 1. The van der Waals surface area contributed by atoms with E-state index in [-0.39, 0.29) is 23.1 Å². The minimum Gasteiger partial charge on any atom is -0.351 e. The monoisotopic (exact) mass is 448 g/mol. The van der Waals surface area contributed by atoms with E-state index < -0.39 is 5.54 Å². The van der Waals surface area contributed by atoms with E-state index in [0.717, 1.165) is 54.5 Å². The van der Waals surface area contributed by atoms with Gasteiger partial charge in [-0.25, -0.2) is 0 Å². The van der Waals surface area contributed by atoms with Gasteiger partial charge in [0, 0.05) is 22.7 Å². The maximum absolute atomic E-state index is 14.2. The van der Waals surface area contributed by atoms with Gasteiger partial charge in [0.1, 0.15) is 5.54 Å². The topological polar surface area (TPSA) is 49.4 Å². The Hall–Kier alpha value is -2.27. The first-order chi connectivity index (χ1) is 15.7. The fourth-order valence-electron chi connectivity index (χ4n) is 5.73. The molecule has 32 heavy (non-hydrogen) atoms. The lowest BCUT2D eigenvalue weighted by atomic mass is 9.77. The van der Waals surface area contributed by atoms with Gasteiger partial charge >= 0.3 is 0 Å². The molecule has 168 valence electrons. The average molecular weight is 449 g/mol. The Kier molecular flexibility index (Phi) is 6.27. The van der Waals surface area contributed by atoms with Crippen LogP contribution in [-0.2, 0) is 11.3 Å². The molecular weight excluding hydrogens is 416 g/mol. The number of thioether (sulfide) groups is 1. The number of nitrogens with one attached hydrogen (secondary N) is 1. The first kappa shape index (κ1) is 21.6. The number of carbonyl (C=O) groups excluding carboxylic acids is 2. The minimum absolute atomic E-state index is 0.0138. The predicted octanol–water partition coefficient (Wildman–Crippen LogP) is 5.57. The van der Waals surface area contributed by atoms with Crippen LogP contribution in [0.5, 0.6) is 0 Å². The van der Waals surface area contributed by atoms with Crippen LogP contribution in [0, 0.1) is 0 Å². The summed E-state index contributed by atoms with van der Waals surface area (Å²) in [6.45, 7) is 0.461. The smallest absolute Gasteiger partial charge is 0.256 e. The van der Waals surface area contributed by atoms with Gasteiger partial charge in [-0.3, -0.25) is 9.59 Å². The summed E-state index contributed by atoms with van der Waals surface area (Å²) in [6, 6.07) is 18.3. The molecule has 0 bridgehead atoms. The van der Waals surface area contributed by atoms with Gasteiger partial charge < -0.3 is 10.2 Å². The molecule has 0 radical (unpaired) electrons. The van der Waals surface area contributed by atoms with Crippen LogP contribution < -0.4 is 5.32 Å². The number of carbonyl (C=O) groups is 2. The van der Waals surface area contributed by atoms with Crippen molar-refractivity contribution in [1.82, 2.24) is 10.2 Å². The van der Waals surface area contributed by atoms with Gasteiger partial charge in [-0.1, -0.05) is 74.6 Å². The standard InChI is InChI=1S/C27H32N2O2S/c30-25-22-15-7-8-16-23(22)32-24-17-9-10-18-27(24,26(31)28-21-13-5-2-6-14-21)29(25)19-20-11-3-1-4-12-20/h1,3-4,7-8,11-12,15-16,21,24H,2,5-6,9-10,13-14,17-19H2,(H,28,31)/t24?,27-/m1/s1. The Morgan fingerprint density at radius 2 is 1.66 bits per heavy atom. The molecular formula is C27H32N2O2S. The first-order valence-electron chi connectivity index (χ1n) is 12.1. The van der Waals surface area contributed by atoms with Crippen LogP contribution in [0.1, 0.15) is 73.7 Å². The Balaban J connectivity index is 1.58. The molecule has 1 unspecified atom stereocenters. The van der Waals surface area contributed by atoms with Gasteiger partial charge in [0.2, 0.25) is 5.91 Å². The third-order valence-electron chi connectivity index (χ3n) is 7.44. The van der Waals surface area contributed by atoms with E-state index in [4.69, 9.17) is 0 Å². The summed E-state index contributed by atoms with van der Waals surface area (Å²) in [6.07, 6.45) is 9.46. The number of hydrogen-bond acceptors (Lipinski definition) is 3. The van der Waals surface area contributed by atoms with Gasteiger partial charge in [-0.15, -0.1) is 11.8 Å². The zero-order valence-electron chi connectivity index (χ0n) is 18.6. The zero-order chi connectivity index (χ0) is 22.0. The van der Waals surface area contributed by atoms with Crippen molar-refractivity contribution in [3.05, 3.63) is 65.7 Å². The van der Waals surface area contributed by atoms with Crippen LogP contribution in [0.2, 0.25) is 0 Å². The van der Waals surface area contributed by atoms with Crippen molar-refractivity contribution in [2.24, 2.45) is 0 Å². The van der Waals surface area contributed by atoms with Crippen molar-refractivity contribution in [2.75, 3.05) is 0 Å². The van der Waals surface area contributed by atoms with E-state index in [1.165, 1.54) is 19.3 Å². The van der Waals surface area contributed by atoms with Crippen molar-refractivity contribution < 1.29 is 9.59 Å². The zero-order valence-corrected chi connectivity index (χ0v) is 19.4. The van der Waals surface area contributed by atoms with Gasteiger partial charge in [-0.05, 0) is 43.4 Å². The average Bonchev–Trinajstić information content (AvgIpc) is 2.94. The molecule has 2 aliphatic carbocycles. The molecule has 1 N–H and O–H groups in total. The molecule has 0 spiro atoms. The lowest BCUT2D eigenvalue weighted by Gasteiger charge is -2.49. The summed E-state index contributed by atoms with van der Waals surface area (Å²) in [5, 5.41) is 3.49. The number of amides is 2. The highest BCUT2D eigenvalue weighted by Gasteiger charge is 2.55. The fourth-order valence-corrected chi connectivity index (χ4v) is 7.31. The lowest BCUT2D eigenvalue weighted by Crippen LogP contribution is -2.67. The molecule has 2 atom stereocenters. The van der Waals surface area contributed by atoms with E-state index in [0.29, 0.717) is 6.54 Å². The van der Waals surface area contributed by atoms with Gasteiger partial charge in [0.25, 0.3) is 5.91 Å². The second kappa shape index (κ2) is 9.30. The van der Waals surface area contributed by atoms with Crippen molar-refractivity contribution >= 4 is 23.6 Å². The molecule has 5 rings (SSSR count). The second-order valence-electron chi connectivity index (χ2n) is 9.46. The predicted molar refractivity (Wildman–Crippen MR) is 129 cm³/mol. The Labute approximate surface area is 195 Å². The quantitative estimate of drug-likeness (QED) is 0.666. The summed E-state index contributed by atoms with van der Waals surface area (Å²) in [7, 11) is 0. The van der Waals surface area contributed by atoms with E-state index in [9.17, 15) is 9.59 Å². The van der Waals surface area contributed by atoms with Crippen LogP contribution in [0.25, 0.3) is 0 Å². The highest BCUT2D eigenvalue weighted by atomic mass is 32.2. The molecule has 2 amide bonds. The second-order valence-corrected chi connectivity index (χ2v) is 10.7. The summed E-state index contributed by atoms with van der Waals surface area (Å²) in [4.78, 5) is 31.1. The normalized spacial score (nSPS) is 26.1. The molecule has 4 nitrogen and oxygen atoms in total. The van der Waals surface area contributed by atoms with Gasteiger partial charge in [0.05, 0.1) is 5.56 Å². The van der Waals surface area contributed by atoms with Crippen LogP contribution in [-0.4, -0.2) is 33.5 Å². The maximum Gasteiger partial charge on any atom is 0.256 e. The molecule has 0 saturated heterocycles. The minimum atomic E-state index is -0.813.